The minimum absolute atomic E-state index is 0.000428. The van der Waals surface area contributed by atoms with Crippen molar-refractivity contribution >= 4 is 10.0 Å². The summed E-state index contributed by atoms with van der Waals surface area (Å²) in [6.45, 7) is 1.80. The van der Waals surface area contributed by atoms with Crippen LogP contribution in [0.5, 0.6) is 0 Å². The zero-order valence-corrected chi connectivity index (χ0v) is 14.2. The number of rotatable bonds is 4. The second kappa shape index (κ2) is 6.16. The van der Waals surface area contributed by atoms with E-state index in [-0.39, 0.29) is 23.4 Å². The van der Waals surface area contributed by atoms with Crippen LogP contribution in [0.15, 0.2) is 41.4 Å². The Morgan fingerprint density at radius 3 is 2.20 bits per heavy atom. The van der Waals surface area contributed by atoms with Crippen LogP contribution in [0.3, 0.4) is 0 Å². The molecule has 1 aliphatic rings. The summed E-state index contributed by atoms with van der Waals surface area (Å²) in [4.78, 5) is -0.0123. The van der Waals surface area contributed by atoms with Crippen molar-refractivity contribution in [3.63, 3.8) is 0 Å². The van der Waals surface area contributed by atoms with Gasteiger partial charge in [-0.1, -0.05) is 17.7 Å². The van der Waals surface area contributed by atoms with E-state index in [2.05, 4.69) is 0 Å². The molecule has 0 N–H and O–H groups in total. The lowest BCUT2D eigenvalue weighted by Crippen LogP contribution is -2.43. The monoisotopic (exact) mass is 375 g/mol. The van der Waals surface area contributed by atoms with Crippen molar-refractivity contribution in [3.8, 4) is 0 Å². The topological polar surface area (TPSA) is 39.1 Å². The third-order valence-electron chi connectivity index (χ3n) is 4.85. The van der Waals surface area contributed by atoms with E-state index in [4.69, 9.17) is 0 Å². The fraction of sp³-hybridized carbons (Fsp3) is 0.412. The van der Waals surface area contributed by atoms with Crippen molar-refractivity contribution in [2.45, 2.75) is 43.9 Å². The average Bonchev–Trinajstić information content (AvgIpc) is 2.98. The van der Waals surface area contributed by atoms with Gasteiger partial charge in [0.15, 0.2) is 0 Å². The molecule has 0 saturated carbocycles. The number of halogens is 4. The molecule has 1 heterocycles. The van der Waals surface area contributed by atoms with Crippen LogP contribution in [0.4, 0.5) is 17.6 Å². The molecule has 0 unspecified atom stereocenters. The standard InChI is InChI=1S/C17H17F4NO2S/c1-11-2-4-13(5-3-11)25(23,24)22-9-7-12-6-8-17(15(18)19,16(20)21)10-14(12)22/h2-5,7,9,15-16H,6,8,10H2,1H3. The van der Waals surface area contributed by atoms with Crippen LogP contribution in [0.25, 0.3) is 0 Å². The SMILES string of the molecule is Cc1ccc(S(=O)(=O)n2ccc3c2CC(C(F)F)(C(F)F)CC3)cc1. The summed E-state index contributed by atoms with van der Waals surface area (Å²) in [5.41, 5.74) is -1.10. The van der Waals surface area contributed by atoms with E-state index in [0.29, 0.717) is 5.56 Å². The van der Waals surface area contributed by atoms with Gasteiger partial charge >= 0.3 is 0 Å². The molecule has 0 saturated heterocycles. The summed E-state index contributed by atoms with van der Waals surface area (Å²) in [5, 5.41) is 0. The molecule has 1 aromatic heterocycles. The molecule has 0 fully saturated rings. The second-order valence-corrected chi connectivity index (χ2v) is 8.23. The van der Waals surface area contributed by atoms with Crippen molar-refractivity contribution in [2.24, 2.45) is 5.41 Å². The first kappa shape index (κ1) is 18.0. The maximum atomic E-state index is 13.4. The largest absolute Gasteiger partial charge is 0.267 e. The molecule has 0 amide bonds. The molecular formula is C17H17F4NO2S. The van der Waals surface area contributed by atoms with Crippen LogP contribution in [-0.4, -0.2) is 25.2 Å². The van der Waals surface area contributed by atoms with Gasteiger partial charge in [0.1, 0.15) is 0 Å². The minimum atomic E-state index is -4.03. The highest BCUT2D eigenvalue weighted by Crippen LogP contribution is 2.45. The van der Waals surface area contributed by atoms with Gasteiger partial charge in [0, 0.05) is 18.3 Å². The Bertz CT molecular complexity index is 865. The first-order valence-electron chi connectivity index (χ1n) is 7.76. The van der Waals surface area contributed by atoms with E-state index in [1.807, 2.05) is 0 Å². The van der Waals surface area contributed by atoms with Gasteiger partial charge in [-0.05, 0) is 43.5 Å². The molecule has 8 heteroatoms. The predicted molar refractivity (Wildman–Crippen MR) is 84.7 cm³/mol. The minimum Gasteiger partial charge on any atom is -0.246 e. The Hall–Kier alpha value is -1.83. The molecule has 2 aromatic rings. The lowest BCUT2D eigenvalue weighted by atomic mass is 9.74. The fourth-order valence-corrected chi connectivity index (χ4v) is 4.59. The number of nitrogens with zero attached hydrogens (tertiary/aromatic N) is 1. The van der Waals surface area contributed by atoms with Gasteiger partial charge in [0.2, 0.25) is 12.9 Å². The van der Waals surface area contributed by atoms with Crippen molar-refractivity contribution in [1.29, 1.82) is 0 Å². The number of benzene rings is 1. The van der Waals surface area contributed by atoms with Gasteiger partial charge in [-0.25, -0.2) is 30.0 Å². The van der Waals surface area contributed by atoms with Gasteiger partial charge in [-0.15, -0.1) is 0 Å². The fourth-order valence-electron chi connectivity index (χ4n) is 3.19. The van der Waals surface area contributed by atoms with Crippen LogP contribution >= 0.6 is 0 Å². The molecule has 0 spiro atoms. The van der Waals surface area contributed by atoms with E-state index in [1.54, 1.807) is 19.1 Å². The Balaban J connectivity index is 2.08. The first-order valence-corrected chi connectivity index (χ1v) is 9.20. The lowest BCUT2D eigenvalue weighted by Gasteiger charge is -2.36. The molecule has 25 heavy (non-hydrogen) atoms. The second-order valence-electron chi connectivity index (χ2n) is 6.41. The summed E-state index contributed by atoms with van der Waals surface area (Å²) in [7, 11) is -4.03. The van der Waals surface area contributed by atoms with Crippen LogP contribution in [0.2, 0.25) is 0 Å². The Labute approximate surface area is 143 Å². The Kier molecular flexibility index (Phi) is 4.43. The Morgan fingerprint density at radius 2 is 1.64 bits per heavy atom. The number of aryl methyl sites for hydroxylation is 2. The van der Waals surface area contributed by atoms with Crippen LogP contribution in [0, 0.1) is 12.3 Å². The normalized spacial score (nSPS) is 17.1. The summed E-state index contributed by atoms with van der Waals surface area (Å²) < 4.78 is 80.0. The summed E-state index contributed by atoms with van der Waals surface area (Å²) in [6.07, 6.45) is -6.25. The molecule has 0 aliphatic heterocycles. The summed E-state index contributed by atoms with van der Waals surface area (Å²) in [6, 6.07) is 7.56. The van der Waals surface area contributed by atoms with Crippen LogP contribution in [-0.2, 0) is 22.9 Å². The highest BCUT2D eigenvalue weighted by atomic mass is 32.2. The summed E-state index contributed by atoms with van der Waals surface area (Å²) in [5.74, 6) is 0. The summed E-state index contributed by atoms with van der Waals surface area (Å²) >= 11 is 0. The van der Waals surface area contributed by atoms with Crippen LogP contribution < -0.4 is 0 Å². The molecule has 0 radical (unpaired) electrons. The molecule has 0 atom stereocenters. The van der Waals surface area contributed by atoms with E-state index in [1.165, 1.54) is 24.4 Å². The maximum absolute atomic E-state index is 13.4. The quantitative estimate of drug-likeness (QED) is 0.757. The van der Waals surface area contributed by atoms with Crippen molar-refractivity contribution < 1.29 is 26.0 Å². The molecular weight excluding hydrogens is 358 g/mol. The maximum Gasteiger partial charge on any atom is 0.267 e. The van der Waals surface area contributed by atoms with Crippen molar-refractivity contribution in [2.75, 3.05) is 0 Å². The number of alkyl halides is 4. The van der Waals surface area contributed by atoms with Crippen molar-refractivity contribution in [3.05, 3.63) is 53.3 Å². The van der Waals surface area contributed by atoms with Gasteiger partial charge < -0.3 is 0 Å². The predicted octanol–water partition coefficient (Wildman–Crippen LogP) is 4.04. The van der Waals surface area contributed by atoms with E-state index in [0.717, 1.165) is 9.54 Å². The number of aromatic nitrogens is 1. The molecule has 0 bridgehead atoms. The van der Waals surface area contributed by atoms with E-state index in [9.17, 15) is 26.0 Å². The molecule has 1 aromatic carbocycles. The molecule has 3 nitrogen and oxygen atoms in total. The molecule has 136 valence electrons. The van der Waals surface area contributed by atoms with E-state index >= 15 is 0 Å². The first-order chi connectivity index (χ1) is 11.7. The number of hydrogen-bond donors (Lipinski definition) is 0. The third-order valence-corrected chi connectivity index (χ3v) is 6.58. The molecule has 1 aliphatic carbocycles. The lowest BCUT2D eigenvalue weighted by molar-refractivity contribution is -0.117. The van der Waals surface area contributed by atoms with Gasteiger partial charge in [0.05, 0.1) is 10.3 Å². The number of fused-ring (bicyclic) bond motifs is 1. The Morgan fingerprint density at radius 1 is 1.04 bits per heavy atom. The average molecular weight is 375 g/mol. The highest BCUT2D eigenvalue weighted by molar-refractivity contribution is 7.90. The van der Waals surface area contributed by atoms with Gasteiger partial charge in [-0.3, -0.25) is 0 Å². The smallest absolute Gasteiger partial charge is 0.246 e. The number of hydrogen-bond acceptors (Lipinski definition) is 2. The highest BCUT2D eigenvalue weighted by Gasteiger charge is 2.51. The van der Waals surface area contributed by atoms with E-state index < -0.39 is 34.7 Å². The van der Waals surface area contributed by atoms with Crippen molar-refractivity contribution in [1.82, 2.24) is 3.97 Å². The molecule has 3 rings (SSSR count). The van der Waals surface area contributed by atoms with Crippen LogP contribution in [0.1, 0.15) is 23.2 Å². The zero-order valence-electron chi connectivity index (χ0n) is 13.4. The van der Waals surface area contributed by atoms with Gasteiger partial charge in [-0.2, -0.15) is 0 Å². The third kappa shape index (κ3) is 2.86. The zero-order chi connectivity index (χ0) is 18.4. The van der Waals surface area contributed by atoms with Gasteiger partial charge in [0.25, 0.3) is 10.0 Å².